The molecule has 1 fully saturated rings. The van der Waals surface area contributed by atoms with Crippen molar-refractivity contribution >= 4 is 0 Å². The summed E-state index contributed by atoms with van der Waals surface area (Å²) in [5.41, 5.74) is 7.89. The average molecular weight is 194 g/mol. The first-order valence-corrected chi connectivity index (χ1v) is 4.88. The predicted molar refractivity (Wildman–Crippen MR) is 54.4 cm³/mol. The van der Waals surface area contributed by atoms with Gasteiger partial charge in [0, 0.05) is 25.7 Å². The third kappa shape index (κ3) is 1.94. The molecular formula is C11H15FN2. The van der Waals surface area contributed by atoms with Gasteiger partial charge in [-0.1, -0.05) is 6.07 Å². The van der Waals surface area contributed by atoms with E-state index in [0.717, 1.165) is 25.2 Å². The Kier molecular flexibility index (Phi) is 2.52. The molecule has 14 heavy (non-hydrogen) atoms. The second-order valence-electron chi connectivity index (χ2n) is 4.02. The van der Waals surface area contributed by atoms with Crippen molar-refractivity contribution in [3.05, 3.63) is 35.1 Å². The zero-order chi connectivity index (χ0) is 10.1. The van der Waals surface area contributed by atoms with E-state index in [1.807, 2.05) is 13.0 Å². The van der Waals surface area contributed by atoms with Crippen molar-refractivity contribution in [2.75, 3.05) is 13.1 Å². The number of benzene rings is 1. The number of aryl methyl sites for hydroxylation is 1. The number of halogens is 1. The molecule has 2 rings (SSSR count). The molecule has 0 unspecified atom stereocenters. The third-order valence-electron chi connectivity index (χ3n) is 2.68. The van der Waals surface area contributed by atoms with E-state index in [2.05, 4.69) is 4.90 Å². The molecule has 2 N–H and O–H groups in total. The van der Waals surface area contributed by atoms with Crippen molar-refractivity contribution < 1.29 is 4.39 Å². The molecule has 0 atom stereocenters. The Balaban J connectivity index is 2.02. The highest BCUT2D eigenvalue weighted by Crippen LogP contribution is 2.16. The van der Waals surface area contributed by atoms with E-state index in [9.17, 15) is 4.39 Å². The summed E-state index contributed by atoms with van der Waals surface area (Å²) in [4.78, 5) is 2.27. The molecule has 1 aromatic rings. The van der Waals surface area contributed by atoms with Crippen molar-refractivity contribution in [3.63, 3.8) is 0 Å². The Labute approximate surface area is 83.5 Å². The molecule has 3 heteroatoms. The van der Waals surface area contributed by atoms with Crippen LogP contribution in [0.15, 0.2) is 18.2 Å². The highest BCUT2D eigenvalue weighted by molar-refractivity contribution is 5.26. The molecular weight excluding hydrogens is 179 g/mol. The van der Waals surface area contributed by atoms with Gasteiger partial charge in [-0.25, -0.2) is 4.39 Å². The Morgan fingerprint density at radius 2 is 2.21 bits per heavy atom. The highest BCUT2D eigenvalue weighted by atomic mass is 19.1. The molecule has 0 saturated carbocycles. The number of nitrogens with two attached hydrogens (primary N) is 1. The SMILES string of the molecule is Cc1cc(F)ccc1CN1CC(N)C1. The van der Waals surface area contributed by atoms with Crippen LogP contribution in [0.3, 0.4) is 0 Å². The molecule has 0 spiro atoms. The third-order valence-corrected chi connectivity index (χ3v) is 2.68. The maximum Gasteiger partial charge on any atom is 0.123 e. The van der Waals surface area contributed by atoms with Gasteiger partial charge in [0.1, 0.15) is 5.82 Å². The molecule has 0 radical (unpaired) electrons. The molecule has 1 saturated heterocycles. The predicted octanol–water partition coefficient (Wildman–Crippen LogP) is 1.28. The van der Waals surface area contributed by atoms with Crippen molar-refractivity contribution in [1.29, 1.82) is 0 Å². The van der Waals surface area contributed by atoms with Crippen molar-refractivity contribution in [1.82, 2.24) is 4.90 Å². The molecule has 1 heterocycles. The van der Waals surface area contributed by atoms with Gasteiger partial charge in [0.15, 0.2) is 0 Å². The zero-order valence-corrected chi connectivity index (χ0v) is 8.33. The summed E-state index contributed by atoms with van der Waals surface area (Å²) in [6.45, 7) is 4.74. The minimum Gasteiger partial charge on any atom is -0.325 e. The van der Waals surface area contributed by atoms with Crippen LogP contribution in [-0.4, -0.2) is 24.0 Å². The van der Waals surface area contributed by atoms with Gasteiger partial charge in [0.2, 0.25) is 0 Å². The van der Waals surface area contributed by atoms with Crippen LogP contribution in [0, 0.1) is 12.7 Å². The minimum atomic E-state index is -0.161. The van der Waals surface area contributed by atoms with Gasteiger partial charge in [0.25, 0.3) is 0 Å². The lowest BCUT2D eigenvalue weighted by Crippen LogP contribution is -2.54. The Morgan fingerprint density at radius 1 is 1.50 bits per heavy atom. The van der Waals surface area contributed by atoms with E-state index in [-0.39, 0.29) is 5.82 Å². The van der Waals surface area contributed by atoms with Crippen LogP contribution >= 0.6 is 0 Å². The molecule has 0 amide bonds. The van der Waals surface area contributed by atoms with Gasteiger partial charge in [-0.2, -0.15) is 0 Å². The topological polar surface area (TPSA) is 29.3 Å². The van der Waals surface area contributed by atoms with Gasteiger partial charge < -0.3 is 5.73 Å². The fourth-order valence-corrected chi connectivity index (χ4v) is 1.82. The number of likely N-dealkylation sites (tertiary alicyclic amines) is 1. The maximum atomic E-state index is 12.8. The van der Waals surface area contributed by atoms with Crippen LogP contribution in [-0.2, 0) is 6.54 Å². The van der Waals surface area contributed by atoms with Gasteiger partial charge in [0.05, 0.1) is 0 Å². The first kappa shape index (κ1) is 9.62. The molecule has 0 aliphatic carbocycles. The summed E-state index contributed by atoms with van der Waals surface area (Å²) in [6, 6.07) is 5.28. The van der Waals surface area contributed by atoms with E-state index >= 15 is 0 Å². The van der Waals surface area contributed by atoms with Crippen molar-refractivity contribution in [2.45, 2.75) is 19.5 Å². The summed E-state index contributed by atoms with van der Waals surface area (Å²) < 4.78 is 12.8. The van der Waals surface area contributed by atoms with Crippen LogP contribution in [0.5, 0.6) is 0 Å². The summed E-state index contributed by atoms with van der Waals surface area (Å²) in [7, 11) is 0. The number of rotatable bonds is 2. The largest absolute Gasteiger partial charge is 0.325 e. The molecule has 1 aromatic carbocycles. The van der Waals surface area contributed by atoms with E-state index in [0.29, 0.717) is 6.04 Å². The fourth-order valence-electron chi connectivity index (χ4n) is 1.82. The maximum absolute atomic E-state index is 12.8. The average Bonchev–Trinajstić information content (AvgIpc) is 2.06. The second kappa shape index (κ2) is 3.67. The highest BCUT2D eigenvalue weighted by Gasteiger charge is 2.22. The molecule has 1 aliphatic heterocycles. The van der Waals surface area contributed by atoms with E-state index in [1.165, 1.54) is 11.6 Å². The Morgan fingerprint density at radius 3 is 2.79 bits per heavy atom. The lowest BCUT2D eigenvalue weighted by Gasteiger charge is -2.37. The van der Waals surface area contributed by atoms with Crippen LogP contribution in [0.2, 0.25) is 0 Å². The van der Waals surface area contributed by atoms with Gasteiger partial charge in [-0.3, -0.25) is 4.90 Å². The summed E-state index contributed by atoms with van der Waals surface area (Å²) in [6.07, 6.45) is 0. The smallest absolute Gasteiger partial charge is 0.123 e. The van der Waals surface area contributed by atoms with Crippen LogP contribution < -0.4 is 5.73 Å². The van der Waals surface area contributed by atoms with Gasteiger partial charge >= 0.3 is 0 Å². The molecule has 2 nitrogen and oxygen atoms in total. The number of nitrogens with zero attached hydrogens (tertiary/aromatic N) is 1. The standard InChI is InChI=1S/C11H15FN2/c1-8-4-10(12)3-2-9(8)5-14-6-11(13)7-14/h2-4,11H,5-7,13H2,1H3. The summed E-state index contributed by atoms with van der Waals surface area (Å²) in [5, 5.41) is 0. The van der Waals surface area contributed by atoms with Gasteiger partial charge in [-0.05, 0) is 30.2 Å². The summed E-state index contributed by atoms with van der Waals surface area (Å²) >= 11 is 0. The van der Waals surface area contributed by atoms with E-state index < -0.39 is 0 Å². The number of hydrogen-bond donors (Lipinski definition) is 1. The summed E-state index contributed by atoms with van der Waals surface area (Å²) in [5.74, 6) is -0.161. The molecule has 1 aliphatic rings. The Hall–Kier alpha value is -0.930. The van der Waals surface area contributed by atoms with Crippen molar-refractivity contribution in [3.8, 4) is 0 Å². The zero-order valence-electron chi connectivity index (χ0n) is 8.33. The van der Waals surface area contributed by atoms with Crippen LogP contribution in [0.1, 0.15) is 11.1 Å². The van der Waals surface area contributed by atoms with Crippen LogP contribution in [0.4, 0.5) is 4.39 Å². The number of hydrogen-bond acceptors (Lipinski definition) is 2. The molecule has 0 aromatic heterocycles. The lowest BCUT2D eigenvalue weighted by atomic mass is 10.0. The second-order valence-corrected chi connectivity index (χ2v) is 4.02. The quantitative estimate of drug-likeness (QED) is 0.768. The van der Waals surface area contributed by atoms with Crippen molar-refractivity contribution in [2.24, 2.45) is 5.73 Å². The first-order chi connectivity index (χ1) is 6.65. The van der Waals surface area contributed by atoms with E-state index in [4.69, 9.17) is 5.73 Å². The van der Waals surface area contributed by atoms with Gasteiger partial charge in [-0.15, -0.1) is 0 Å². The monoisotopic (exact) mass is 194 g/mol. The fraction of sp³-hybridized carbons (Fsp3) is 0.455. The molecule has 76 valence electrons. The Bertz CT molecular complexity index is 332. The minimum absolute atomic E-state index is 0.161. The lowest BCUT2D eigenvalue weighted by molar-refractivity contribution is 0.142. The normalized spacial score (nSPS) is 18.2. The van der Waals surface area contributed by atoms with Crippen LogP contribution in [0.25, 0.3) is 0 Å². The molecule has 0 bridgehead atoms. The van der Waals surface area contributed by atoms with E-state index in [1.54, 1.807) is 6.07 Å². The first-order valence-electron chi connectivity index (χ1n) is 4.88.